The minimum Gasteiger partial charge on any atom is -0.389 e. The lowest BCUT2D eigenvalue weighted by atomic mass is 10.2. The van der Waals surface area contributed by atoms with Crippen molar-refractivity contribution in [2.75, 3.05) is 4.72 Å². The van der Waals surface area contributed by atoms with Crippen LogP contribution in [-0.2, 0) is 10.0 Å². The maximum atomic E-state index is 13.6. The van der Waals surface area contributed by atoms with Crippen LogP contribution in [0.1, 0.15) is 18.4 Å². The van der Waals surface area contributed by atoms with Gasteiger partial charge in [-0.25, -0.2) is 12.8 Å². The number of benzene rings is 1. The van der Waals surface area contributed by atoms with Crippen molar-refractivity contribution in [1.29, 1.82) is 0 Å². The van der Waals surface area contributed by atoms with Crippen LogP contribution in [0.2, 0.25) is 0 Å². The number of nitrogens with two attached hydrogens (primary N) is 1. The molecule has 1 aromatic rings. The van der Waals surface area contributed by atoms with Crippen molar-refractivity contribution >= 4 is 32.9 Å². The van der Waals surface area contributed by atoms with Crippen molar-refractivity contribution in [2.24, 2.45) is 5.73 Å². The number of sulfonamides is 1. The normalized spacial score (nSPS) is 15.6. The maximum absolute atomic E-state index is 13.6. The van der Waals surface area contributed by atoms with Crippen molar-refractivity contribution in [1.82, 2.24) is 0 Å². The lowest BCUT2D eigenvalue weighted by Crippen LogP contribution is -2.18. The minimum atomic E-state index is -3.45. The van der Waals surface area contributed by atoms with E-state index in [-0.39, 0.29) is 10.7 Å². The molecule has 3 N–H and O–H groups in total. The number of nitrogens with one attached hydrogen (secondary N) is 1. The van der Waals surface area contributed by atoms with Gasteiger partial charge in [0.1, 0.15) is 10.8 Å². The second-order valence-electron chi connectivity index (χ2n) is 3.91. The van der Waals surface area contributed by atoms with E-state index in [1.807, 2.05) is 0 Å². The molecule has 0 amide bonds. The van der Waals surface area contributed by atoms with E-state index in [9.17, 15) is 12.8 Å². The molecule has 1 aromatic carbocycles. The highest BCUT2D eigenvalue weighted by Gasteiger charge is 2.36. The molecule has 0 spiro atoms. The number of rotatable bonds is 4. The molecule has 4 nitrogen and oxygen atoms in total. The van der Waals surface area contributed by atoms with Crippen LogP contribution in [0.25, 0.3) is 0 Å². The number of hydrogen-bond acceptors (Lipinski definition) is 3. The first-order valence-electron chi connectivity index (χ1n) is 5.01. The fraction of sp³-hybridized carbons (Fsp3) is 0.300. The highest BCUT2D eigenvalue weighted by Crippen LogP contribution is 2.30. The topological polar surface area (TPSA) is 72.2 Å². The minimum absolute atomic E-state index is 0.0699. The van der Waals surface area contributed by atoms with Crippen LogP contribution in [-0.4, -0.2) is 18.7 Å². The maximum Gasteiger partial charge on any atom is 0.235 e. The number of thiocarbonyl (C=S) groups is 1. The highest BCUT2D eigenvalue weighted by molar-refractivity contribution is 7.93. The van der Waals surface area contributed by atoms with Crippen molar-refractivity contribution in [2.45, 2.75) is 18.1 Å². The number of halogens is 1. The van der Waals surface area contributed by atoms with Crippen molar-refractivity contribution in [3.05, 3.63) is 29.6 Å². The van der Waals surface area contributed by atoms with E-state index >= 15 is 0 Å². The molecule has 1 aliphatic carbocycles. The summed E-state index contributed by atoms with van der Waals surface area (Å²) in [5.74, 6) is -0.681. The van der Waals surface area contributed by atoms with E-state index in [1.54, 1.807) is 0 Å². The lowest BCUT2D eigenvalue weighted by molar-refractivity contribution is 0.597. The summed E-state index contributed by atoms with van der Waals surface area (Å²) in [5.41, 5.74) is 5.64. The third kappa shape index (κ3) is 2.73. The summed E-state index contributed by atoms with van der Waals surface area (Å²) in [7, 11) is -3.45. The Balaban J connectivity index is 2.25. The molecule has 1 fully saturated rings. The van der Waals surface area contributed by atoms with Gasteiger partial charge in [-0.2, -0.15) is 0 Å². The van der Waals surface area contributed by atoms with Gasteiger partial charge in [0.15, 0.2) is 0 Å². The van der Waals surface area contributed by atoms with E-state index in [1.165, 1.54) is 12.1 Å². The van der Waals surface area contributed by atoms with E-state index in [0.717, 1.165) is 6.07 Å². The second kappa shape index (κ2) is 4.23. The summed E-state index contributed by atoms with van der Waals surface area (Å²) >= 11 is 4.70. The zero-order valence-electron chi connectivity index (χ0n) is 8.81. The Labute approximate surface area is 104 Å². The zero-order valence-corrected chi connectivity index (χ0v) is 10.4. The predicted molar refractivity (Wildman–Crippen MR) is 67.9 cm³/mol. The average Bonchev–Trinajstić information content (AvgIpc) is 3.04. The predicted octanol–water partition coefficient (Wildman–Crippen LogP) is 1.36. The summed E-state index contributed by atoms with van der Waals surface area (Å²) in [6, 6.07) is 3.92. The molecule has 0 bridgehead atoms. The molecule has 7 heteroatoms. The molecule has 92 valence electrons. The first-order valence-corrected chi connectivity index (χ1v) is 6.96. The monoisotopic (exact) mass is 274 g/mol. The molecule has 0 aliphatic heterocycles. The van der Waals surface area contributed by atoms with Crippen molar-refractivity contribution < 1.29 is 12.8 Å². The van der Waals surface area contributed by atoms with Crippen LogP contribution in [0.4, 0.5) is 10.1 Å². The SMILES string of the molecule is NC(=S)c1ccc(NS(=O)(=O)C2CC2)c(F)c1. The summed E-state index contributed by atoms with van der Waals surface area (Å²) in [5, 5.41) is -0.392. The van der Waals surface area contributed by atoms with Crippen LogP contribution in [0.5, 0.6) is 0 Å². The third-order valence-electron chi connectivity index (χ3n) is 2.47. The summed E-state index contributed by atoms with van der Waals surface area (Å²) < 4.78 is 39.0. The van der Waals surface area contributed by atoms with Gasteiger partial charge in [-0.15, -0.1) is 0 Å². The van der Waals surface area contributed by atoms with Crippen LogP contribution < -0.4 is 10.5 Å². The smallest absolute Gasteiger partial charge is 0.235 e. The van der Waals surface area contributed by atoms with Crippen LogP contribution in [0.15, 0.2) is 18.2 Å². The zero-order chi connectivity index (χ0) is 12.6. The van der Waals surface area contributed by atoms with Crippen LogP contribution in [0, 0.1) is 5.82 Å². The van der Waals surface area contributed by atoms with Gasteiger partial charge in [-0.1, -0.05) is 12.2 Å². The molecule has 0 unspecified atom stereocenters. The lowest BCUT2D eigenvalue weighted by Gasteiger charge is -2.08. The molecule has 0 aromatic heterocycles. The Bertz CT molecular complexity index is 568. The second-order valence-corrected chi connectivity index (χ2v) is 6.31. The van der Waals surface area contributed by atoms with Crippen LogP contribution >= 0.6 is 12.2 Å². The molecular weight excluding hydrogens is 263 g/mol. The Morgan fingerprint density at radius 2 is 2.12 bits per heavy atom. The van der Waals surface area contributed by atoms with Gasteiger partial charge in [0.05, 0.1) is 10.9 Å². The van der Waals surface area contributed by atoms with Gasteiger partial charge in [0, 0.05) is 5.56 Å². The van der Waals surface area contributed by atoms with Gasteiger partial charge in [-0.05, 0) is 31.0 Å². The molecule has 17 heavy (non-hydrogen) atoms. The number of hydrogen-bond donors (Lipinski definition) is 2. The van der Waals surface area contributed by atoms with Crippen molar-refractivity contribution in [3.8, 4) is 0 Å². The molecule has 0 atom stereocenters. The molecule has 2 rings (SSSR count). The van der Waals surface area contributed by atoms with Gasteiger partial charge in [-0.3, -0.25) is 4.72 Å². The molecular formula is C10H11FN2O2S2. The van der Waals surface area contributed by atoms with Crippen molar-refractivity contribution in [3.63, 3.8) is 0 Å². The number of anilines is 1. The van der Waals surface area contributed by atoms with Gasteiger partial charge < -0.3 is 5.73 Å². The van der Waals surface area contributed by atoms with Crippen LogP contribution in [0.3, 0.4) is 0 Å². The van der Waals surface area contributed by atoms with E-state index in [2.05, 4.69) is 4.72 Å². The van der Waals surface area contributed by atoms with E-state index in [4.69, 9.17) is 18.0 Å². The highest BCUT2D eigenvalue weighted by atomic mass is 32.2. The fourth-order valence-electron chi connectivity index (χ4n) is 1.37. The van der Waals surface area contributed by atoms with Gasteiger partial charge in [0.2, 0.25) is 10.0 Å². The fourth-order valence-corrected chi connectivity index (χ4v) is 2.89. The Hall–Kier alpha value is -1.21. The van der Waals surface area contributed by atoms with Gasteiger partial charge >= 0.3 is 0 Å². The summed E-state index contributed by atoms with van der Waals surface area (Å²) in [6.45, 7) is 0. The molecule has 0 saturated heterocycles. The quantitative estimate of drug-likeness (QED) is 0.813. The Morgan fingerprint density at radius 1 is 1.47 bits per heavy atom. The first-order chi connectivity index (χ1) is 7.90. The summed E-state index contributed by atoms with van der Waals surface area (Å²) in [4.78, 5) is 0.0699. The standard InChI is InChI=1S/C10H11FN2O2S2/c11-8-5-6(10(12)16)1-4-9(8)13-17(14,15)7-2-3-7/h1,4-5,7,13H,2-3H2,(H2,12,16). The third-order valence-corrected chi connectivity index (χ3v) is 4.56. The first kappa shape index (κ1) is 12.3. The Morgan fingerprint density at radius 3 is 2.59 bits per heavy atom. The summed E-state index contributed by atoms with van der Waals surface area (Å²) in [6.07, 6.45) is 1.25. The largest absolute Gasteiger partial charge is 0.389 e. The molecule has 1 saturated carbocycles. The van der Waals surface area contributed by atoms with E-state index < -0.39 is 21.1 Å². The molecule has 1 aliphatic rings. The average molecular weight is 274 g/mol. The van der Waals surface area contributed by atoms with E-state index in [0.29, 0.717) is 18.4 Å². The molecule has 0 heterocycles. The van der Waals surface area contributed by atoms with Gasteiger partial charge in [0.25, 0.3) is 0 Å². The Kier molecular flexibility index (Phi) is 3.05. The molecule has 0 radical (unpaired) electrons.